The van der Waals surface area contributed by atoms with Crippen LogP contribution in [0.2, 0.25) is 0 Å². The van der Waals surface area contributed by atoms with Crippen LogP contribution in [-0.4, -0.2) is 68.4 Å². The van der Waals surface area contributed by atoms with Crippen LogP contribution in [0.5, 0.6) is 0 Å². The Balaban J connectivity index is 1.40. The first kappa shape index (κ1) is 21.5. The van der Waals surface area contributed by atoms with Crippen LogP contribution in [0.1, 0.15) is 30.0 Å². The molecule has 0 unspecified atom stereocenters. The van der Waals surface area contributed by atoms with Crippen molar-refractivity contribution in [2.24, 2.45) is 0 Å². The molecule has 172 valence electrons. The number of hydrogen-bond donors (Lipinski definition) is 1. The molecule has 2 aliphatic rings. The number of hydroxylamine groups is 2. The van der Waals surface area contributed by atoms with E-state index in [9.17, 15) is 18.8 Å². The molecular weight excluding hydrogens is 430 g/mol. The topological polar surface area (TPSA) is 77.2 Å². The lowest BCUT2D eigenvalue weighted by atomic mass is 10.0. The number of carbonyl (C=O) groups excluding carboxylic acids is 1. The van der Waals surface area contributed by atoms with Gasteiger partial charge in [0.1, 0.15) is 17.5 Å². The standard InChI is InChI=1S/C23H24F2N6O2/c24-17-4-5-19(25)18(14-17)20-2-1-8-30(20)21-7-9-31-23(27-21)16(15-26-31)3-6-22(32)28-10-12-29(33)13-11-28/h3-7,9,14-15,20,33H,1-2,8,10-13H2/b6-3+/t20-/m1/s1. The minimum atomic E-state index is -0.463. The number of anilines is 1. The fourth-order valence-electron chi connectivity index (χ4n) is 4.47. The zero-order valence-electron chi connectivity index (χ0n) is 17.9. The van der Waals surface area contributed by atoms with Crippen molar-refractivity contribution in [2.75, 3.05) is 37.6 Å². The molecule has 1 atom stereocenters. The van der Waals surface area contributed by atoms with Crippen LogP contribution < -0.4 is 4.90 Å². The number of rotatable bonds is 4. The summed E-state index contributed by atoms with van der Waals surface area (Å²) in [6.45, 7) is 2.44. The number of benzene rings is 1. The van der Waals surface area contributed by atoms with Gasteiger partial charge in [0.05, 0.1) is 12.2 Å². The molecule has 1 aromatic carbocycles. The molecule has 0 saturated carbocycles. The number of fused-ring (bicyclic) bond motifs is 1. The Hall–Kier alpha value is -3.37. The first-order valence-corrected chi connectivity index (χ1v) is 11.0. The van der Waals surface area contributed by atoms with Gasteiger partial charge in [-0.2, -0.15) is 10.2 Å². The van der Waals surface area contributed by atoms with Crippen LogP contribution in [0.15, 0.2) is 42.7 Å². The fraction of sp³-hybridized carbons (Fsp3) is 0.348. The van der Waals surface area contributed by atoms with E-state index in [1.807, 2.05) is 11.0 Å². The summed E-state index contributed by atoms with van der Waals surface area (Å²) >= 11 is 0. The number of aromatic nitrogens is 3. The van der Waals surface area contributed by atoms with Gasteiger partial charge < -0.3 is 15.0 Å². The predicted molar refractivity (Wildman–Crippen MR) is 118 cm³/mol. The molecule has 0 radical (unpaired) electrons. The van der Waals surface area contributed by atoms with Crippen molar-refractivity contribution in [3.8, 4) is 0 Å². The van der Waals surface area contributed by atoms with Gasteiger partial charge >= 0.3 is 0 Å². The Kier molecular flexibility index (Phi) is 5.77. The van der Waals surface area contributed by atoms with E-state index in [0.717, 1.165) is 18.6 Å². The molecular formula is C23H24F2N6O2. The minimum absolute atomic E-state index is 0.139. The van der Waals surface area contributed by atoms with E-state index in [2.05, 4.69) is 5.10 Å². The third-order valence-electron chi connectivity index (χ3n) is 6.22. The van der Waals surface area contributed by atoms with Gasteiger partial charge in [0.25, 0.3) is 0 Å². The molecule has 1 N–H and O–H groups in total. The molecule has 3 aromatic rings. The number of piperazine rings is 1. The Morgan fingerprint density at radius 2 is 1.94 bits per heavy atom. The summed E-state index contributed by atoms with van der Waals surface area (Å²) in [6, 6.07) is 5.05. The van der Waals surface area contributed by atoms with Crippen molar-refractivity contribution in [1.29, 1.82) is 0 Å². The van der Waals surface area contributed by atoms with Gasteiger partial charge in [-0.25, -0.2) is 18.3 Å². The minimum Gasteiger partial charge on any atom is -0.349 e. The largest absolute Gasteiger partial charge is 0.349 e. The Morgan fingerprint density at radius 3 is 2.76 bits per heavy atom. The molecule has 8 nitrogen and oxygen atoms in total. The summed E-state index contributed by atoms with van der Waals surface area (Å²) in [5.41, 5.74) is 1.58. The normalized spacial score (nSPS) is 19.8. The van der Waals surface area contributed by atoms with Crippen LogP contribution in [0.3, 0.4) is 0 Å². The fourth-order valence-corrected chi connectivity index (χ4v) is 4.47. The Morgan fingerprint density at radius 1 is 1.12 bits per heavy atom. The predicted octanol–water partition coefficient (Wildman–Crippen LogP) is 2.90. The highest BCUT2D eigenvalue weighted by atomic mass is 19.1. The van der Waals surface area contributed by atoms with E-state index < -0.39 is 11.6 Å². The van der Waals surface area contributed by atoms with Crippen molar-refractivity contribution in [2.45, 2.75) is 18.9 Å². The lowest BCUT2D eigenvalue weighted by Crippen LogP contribution is -2.46. The number of carbonyl (C=O) groups is 1. The Bertz CT molecular complexity index is 1200. The smallest absolute Gasteiger partial charge is 0.246 e. The number of hydrogen-bond acceptors (Lipinski definition) is 6. The van der Waals surface area contributed by atoms with E-state index in [-0.39, 0.29) is 11.9 Å². The molecule has 5 rings (SSSR count). The quantitative estimate of drug-likeness (QED) is 0.611. The maximum atomic E-state index is 14.4. The van der Waals surface area contributed by atoms with E-state index in [1.165, 1.54) is 17.2 Å². The van der Waals surface area contributed by atoms with Gasteiger partial charge in [0, 0.05) is 56.1 Å². The number of nitrogens with zero attached hydrogens (tertiary/aromatic N) is 6. The maximum Gasteiger partial charge on any atom is 0.246 e. The van der Waals surface area contributed by atoms with E-state index in [4.69, 9.17) is 4.98 Å². The van der Waals surface area contributed by atoms with Gasteiger partial charge in [-0.15, -0.1) is 0 Å². The SMILES string of the molecule is O=C(/C=C/c1cnn2ccc(N3CCC[C@@H]3c3cc(F)ccc3F)nc12)N1CCN(O)CC1. The highest BCUT2D eigenvalue weighted by molar-refractivity contribution is 5.92. The van der Waals surface area contributed by atoms with Gasteiger partial charge in [0.15, 0.2) is 5.65 Å². The third kappa shape index (κ3) is 4.31. The molecule has 2 fully saturated rings. The van der Waals surface area contributed by atoms with Gasteiger partial charge in [-0.05, 0) is 43.2 Å². The van der Waals surface area contributed by atoms with Crippen molar-refractivity contribution < 1.29 is 18.8 Å². The third-order valence-corrected chi connectivity index (χ3v) is 6.22. The summed E-state index contributed by atoms with van der Waals surface area (Å²) < 4.78 is 29.8. The van der Waals surface area contributed by atoms with Gasteiger partial charge in [-0.1, -0.05) is 0 Å². The van der Waals surface area contributed by atoms with Crippen molar-refractivity contribution >= 4 is 23.4 Å². The lowest BCUT2D eigenvalue weighted by Gasteiger charge is -2.30. The van der Waals surface area contributed by atoms with Crippen molar-refractivity contribution in [1.82, 2.24) is 24.6 Å². The highest BCUT2D eigenvalue weighted by Gasteiger charge is 2.30. The number of halogens is 2. The van der Waals surface area contributed by atoms with E-state index in [1.54, 1.807) is 27.9 Å². The van der Waals surface area contributed by atoms with E-state index >= 15 is 0 Å². The maximum absolute atomic E-state index is 14.4. The molecule has 33 heavy (non-hydrogen) atoms. The van der Waals surface area contributed by atoms with Gasteiger partial charge in [-0.3, -0.25) is 4.79 Å². The van der Waals surface area contributed by atoms with Crippen LogP contribution in [0, 0.1) is 11.6 Å². The van der Waals surface area contributed by atoms with Crippen LogP contribution in [-0.2, 0) is 4.79 Å². The van der Waals surface area contributed by atoms with Crippen molar-refractivity contribution in [3.05, 3.63) is 65.5 Å². The second kappa shape index (κ2) is 8.87. The molecule has 2 aromatic heterocycles. The molecule has 0 bridgehead atoms. The molecule has 10 heteroatoms. The summed E-state index contributed by atoms with van der Waals surface area (Å²) in [4.78, 5) is 20.9. The Labute approximate surface area is 189 Å². The lowest BCUT2D eigenvalue weighted by molar-refractivity contribution is -0.141. The zero-order valence-corrected chi connectivity index (χ0v) is 17.9. The summed E-state index contributed by atoms with van der Waals surface area (Å²) in [6.07, 6.45) is 8.12. The van der Waals surface area contributed by atoms with Crippen molar-refractivity contribution in [3.63, 3.8) is 0 Å². The number of amides is 1. The molecule has 2 aliphatic heterocycles. The summed E-state index contributed by atoms with van der Waals surface area (Å²) in [7, 11) is 0. The average Bonchev–Trinajstić information content (AvgIpc) is 3.46. The monoisotopic (exact) mass is 454 g/mol. The first-order valence-electron chi connectivity index (χ1n) is 11.0. The summed E-state index contributed by atoms with van der Waals surface area (Å²) in [5, 5.41) is 15.0. The first-order chi connectivity index (χ1) is 16.0. The zero-order chi connectivity index (χ0) is 22.9. The van der Waals surface area contributed by atoms with Crippen LogP contribution >= 0.6 is 0 Å². The van der Waals surface area contributed by atoms with E-state index in [0.29, 0.717) is 61.7 Å². The molecule has 4 heterocycles. The molecule has 0 aliphatic carbocycles. The van der Waals surface area contributed by atoms with Crippen LogP contribution in [0.4, 0.5) is 14.6 Å². The molecule has 2 saturated heterocycles. The summed E-state index contributed by atoms with van der Waals surface area (Å²) in [5.74, 6) is -0.383. The molecule has 0 spiro atoms. The van der Waals surface area contributed by atoms with Gasteiger partial charge in [0.2, 0.25) is 5.91 Å². The van der Waals surface area contributed by atoms with Crippen LogP contribution in [0.25, 0.3) is 11.7 Å². The second-order valence-corrected chi connectivity index (χ2v) is 8.28. The second-order valence-electron chi connectivity index (χ2n) is 8.28. The molecule has 1 amide bonds. The average molecular weight is 454 g/mol. The highest BCUT2D eigenvalue weighted by Crippen LogP contribution is 2.36.